The Labute approximate surface area is 173 Å². The lowest BCUT2D eigenvalue weighted by Gasteiger charge is -2.14. The van der Waals surface area contributed by atoms with Crippen molar-refractivity contribution in [2.24, 2.45) is 0 Å². The summed E-state index contributed by atoms with van der Waals surface area (Å²) in [7, 11) is 0. The van der Waals surface area contributed by atoms with E-state index in [1.54, 1.807) is 6.26 Å². The molecule has 1 fully saturated rings. The molecule has 3 heterocycles. The van der Waals surface area contributed by atoms with E-state index in [0.29, 0.717) is 11.7 Å². The Morgan fingerprint density at radius 2 is 2.07 bits per heavy atom. The number of anilines is 1. The molecule has 0 aliphatic carbocycles. The zero-order valence-electron chi connectivity index (χ0n) is 16.6. The quantitative estimate of drug-likeness (QED) is 0.589. The highest BCUT2D eigenvalue weighted by molar-refractivity contribution is 7.99. The molecule has 0 spiro atoms. The van der Waals surface area contributed by atoms with Gasteiger partial charge in [-0.3, -0.25) is 9.36 Å². The molecule has 0 radical (unpaired) electrons. The van der Waals surface area contributed by atoms with Crippen molar-refractivity contribution in [1.29, 1.82) is 0 Å². The number of amides is 1. The molecule has 0 unspecified atom stereocenters. The van der Waals surface area contributed by atoms with E-state index < -0.39 is 0 Å². The molecule has 7 nitrogen and oxygen atoms in total. The van der Waals surface area contributed by atoms with Gasteiger partial charge in [0.2, 0.25) is 5.91 Å². The molecule has 1 aliphatic rings. The first kappa shape index (κ1) is 19.7. The summed E-state index contributed by atoms with van der Waals surface area (Å²) in [6.45, 7) is 5.37. The molecule has 1 aliphatic heterocycles. The van der Waals surface area contributed by atoms with Crippen molar-refractivity contribution in [1.82, 2.24) is 14.8 Å². The summed E-state index contributed by atoms with van der Waals surface area (Å²) in [5.74, 6) is 1.71. The topological polar surface area (TPSA) is 82.2 Å². The van der Waals surface area contributed by atoms with Gasteiger partial charge in [-0.05, 0) is 44.9 Å². The van der Waals surface area contributed by atoms with Gasteiger partial charge in [0.05, 0.1) is 30.2 Å². The fraction of sp³-hybridized carbons (Fsp3) is 0.381. The lowest BCUT2D eigenvalue weighted by molar-refractivity contribution is -0.113. The van der Waals surface area contributed by atoms with Crippen molar-refractivity contribution in [3.63, 3.8) is 0 Å². The van der Waals surface area contributed by atoms with Crippen molar-refractivity contribution in [2.75, 3.05) is 17.7 Å². The van der Waals surface area contributed by atoms with Crippen molar-refractivity contribution in [3.05, 3.63) is 47.9 Å². The number of hydrogen-bond acceptors (Lipinski definition) is 6. The average Bonchev–Trinajstić information content (AvgIpc) is 3.44. The van der Waals surface area contributed by atoms with Gasteiger partial charge < -0.3 is 14.5 Å². The minimum atomic E-state index is -0.0773. The largest absolute Gasteiger partial charge is 0.469 e. The van der Waals surface area contributed by atoms with Gasteiger partial charge in [0, 0.05) is 12.3 Å². The summed E-state index contributed by atoms with van der Waals surface area (Å²) in [4.78, 5) is 12.4. The Bertz CT molecular complexity index is 974. The van der Waals surface area contributed by atoms with Crippen LogP contribution in [0.25, 0.3) is 11.4 Å². The number of aromatic nitrogens is 3. The Morgan fingerprint density at radius 1 is 1.24 bits per heavy atom. The average molecular weight is 413 g/mol. The molecule has 152 valence electrons. The molecule has 3 aromatic rings. The summed E-state index contributed by atoms with van der Waals surface area (Å²) in [5.41, 5.74) is 2.85. The van der Waals surface area contributed by atoms with Crippen molar-refractivity contribution >= 4 is 23.4 Å². The third-order valence-electron chi connectivity index (χ3n) is 4.89. The van der Waals surface area contributed by atoms with Crippen LogP contribution in [0.15, 0.2) is 46.2 Å². The molecule has 29 heavy (non-hydrogen) atoms. The van der Waals surface area contributed by atoms with E-state index in [1.165, 1.54) is 11.8 Å². The predicted molar refractivity (Wildman–Crippen MR) is 112 cm³/mol. The molecule has 1 amide bonds. The third-order valence-corrected chi connectivity index (χ3v) is 5.86. The van der Waals surface area contributed by atoms with E-state index in [-0.39, 0.29) is 17.8 Å². The molecule has 1 aromatic carbocycles. The zero-order chi connectivity index (χ0) is 20.2. The number of thioether (sulfide) groups is 1. The number of carbonyl (C=O) groups excluding carboxylic acids is 1. The second kappa shape index (κ2) is 8.84. The van der Waals surface area contributed by atoms with Gasteiger partial charge in [-0.15, -0.1) is 10.2 Å². The van der Waals surface area contributed by atoms with E-state index in [1.807, 2.05) is 48.7 Å². The number of carbonyl (C=O) groups is 1. The third kappa shape index (κ3) is 4.71. The lowest BCUT2D eigenvalue weighted by atomic mass is 10.2. The molecule has 4 rings (SSSR count). The second-order valence-electron chi connectivity index (χ2n) is 7.15. The molecule has 0 bridgehead atoms. The predicted octanol–water partition coefficient (Wildman–Crippen LogP) is 4.06. The van der Waals surface area contributed by atoms with E-state index in [0.717, 1.165) is 47.8 Å². The number of nitrogens with zero attached hydrogens (tertiary/aromatic N) is 3. The van der Waals surface area contributed by atoms with Gasteiger partial charge in [0.25, 0.3) is 0 Å². The molecule has 1 N–H and O–H groups in total. The highest BCUT2D eigenvalue weighted by Gasteiger charge is 2.23. The Kier molecular flexibility index (Phi) is 6.01. The Morgan fingerprint density at radius 3 is 2.76 bits per heavy atom. The standard InChI is InChI=1S/C21H24N4O3S/c1-14-5-7-16(8-6-14)22-19(26)13-29-21-24-23-20(18-9-11-27-15(18)2)25(21)12-17-4-3-10-28-17/h5-9,11,17H,3-4,10,12-13H2,1-2H3,(H,22,26)/t17-/m0/s1. The first-order chi connectivity index (χ1) is 14.1. The van der Waals surface area contributed by atoms with Crippen LogP contribution in [-0.4, -0.2) is 39.1 Å². The Balaban J connectivity index is 1.48. The van der Waals surface area contributed by atoms with Crippen LogP contribution in [0.5, 0.6) is 0 Å². The smallest absolute Gasteiger partial charge is 0.234 e. The fourth-order valence-corrected chi connectivity index (χ4v) is 4.08. The number of aryl methyl sites for hydroxylation is 2. The lowest BCUT2D eigenvalue weighted by Crippen LogP contribution is -2.18. The zero-order valence-corrected chi connectivity index (χ0v) is 17.4. The number of rotatable bonds is 7. The molecular formula is C21H24N4O3S. The fourth-order valence-electron chi connectivity index (χ4n) is 3.33. The molecule has 8 heteroatoms. The van der Waals surface area contributed by atoms with E-state index in [9.17, 15) is 4.79 Å². The monoisotopic (exact) mass is 412 g/mol. The van der Waals surface area contributed by atoms with Gasteiger partial charge in [-0.25, -0.2) is 0 Å². The van der Waals surface area contributed by atoms with Crippen LogP contribution in [0.4, 0.5) is 5.69 Å². The second-order valence-corrected chi connectivity index (χ2v) is 8.09. The first-order valence-corrected chi connectivity index (χ1v) is 10.7. The molecule has 1 saturated heterocycles. The molecule has 0 saturated carbocycles. The highest BCUT2D eigenvalue weighted by Crippen LogP contribution is 2.29. The van der Waals surface area contributed by atoms with Gasteiger partial charge in [-0.1, -0.05) is 29.5 Å². The molecule has 2 aromatic heterocycles. The van der Waals surface area contributed by atoms with Gasteiger partial charge in [-0.2, -0.15) is 0 Å². The summed E-state index contributed by atoms with van der Waals surface area (Å²) in [6, 6.07) is 9.64. The van der Waals surface area contributed by atoms with E-state index >= 15 is 0 Å². The normalized spacial score (nSPS) is 16.3. The SMILES string of the molecule is Cc1ccc(NC(=O)CSc2nnc(-c3ccoc3C)n2C[C@@H]2CCCO2)cc1. The number of hydrogen-bond donors (Lipinski definition) is 1. The summed E-state index contributed by atoms with van der Waals surface area (Å²) in [5, 5.41) is 12.3. The molecular weight excluding hydrogens is 388 g/mol. The number of benzene rings is 1. The maximum Gasteiger partial charge on any atom is 0.234 e. The van der Waals surface area contributed by atoms with Crippen molar-refractivity contribution in [3.8, 4) is 11.4 Å². The maximum atomic E-state index is 12.4. The van der Waals surface area contributed by atoms with Gasteiger partial charge in [0.1, 0.15) is 5.76 Å². The summed E-state index contributed by atoms with van der Waals surface area (Å²) < 4.78 is 13.3. The van der Waals surface area contributed by atoms with Gasteiger partial charge >= 0.3 is 0 Å². The number of ether oxygens (including phenoxy) is 1. The van der Waals surface area contributed by atoms with Crippen LogP contribution in [-0.2, 0) is 16.1 Å². The summed E-state index contributed by atoms with van der Waals surface area (Å²) >= 11 is 1.38. The summed E-state index contributed by atoms with van der Waals surface area (Å²) in [6.07, 6.45) is 3.86. The van der Waals surface area contributed by atoms with Crippen LogP contribution in [0.2, 0.25) is 0 Å². The minimum Gasteiger partial charge on any atom is -0.469 e. The number of nitrogens with one attached hydrogen (secondary N) is 1. The highest BCUT2D eigenvalue weighted by atomic mass is 32.2. The van der Waals surface area contributed by atoms with Crippen LogP contribution in [0.3, 0.4) is 0 Å². The van der Waals surface area contributed by atoms with E-state index in [4.69, 9.17) is 9.15 Å². The maximum absolute atomic E-state index is 12.4. The first-order valence-electron chi connectivity index (χ1n) is 9.69. The van der Waals surface area contributed by atoms with Crippen LogP contribution < -0.4 is 5.32 Å². The molecule has 1 atom stereocenters. The Hall–Kier alpha value is -2.58. The van der Waals surface area contributed by atoms with Gasteiger partial charge in [0.15, 0.2) is 11.0 Å². The van der Waals surface area contributed by atoms with Crippen molar-refractivity contribution < 1.29 is 13.9 Å². The van der Waals surface area contributed by atoms with E-state index in [2.05, 4.69) is 15.5 Å². The van der Waals surface area contributed by atoms with Crippen LogP contribution in [0, 0.1) is 13.8 Å². The van der Waals surface area contributed by atoms with Crippen LogP contribution in [0.1, 0.15) is 24.2 Å². The minimum absolute atomic E-state index is 0.0773. The number of furan rings is 1. The van der Waals surface area contributed by atoms with Crippen LogP contribution >= 0.6 is 11.8 Å². The van der Waals surface area contributed by atoms with Crippen molar-refractivity contribution in [2.45, 2.75) is 44.5 Å².